The zero-order valence-corrected chi connectivity index (χ0v) is 15.1. The number of benzene rings is 1. The fourth-order valence-electron chi connectivity index (χ4n) is 2.41. The van der Waals surface area contributed by atoms with E-state index < -0.39 is 5.82 Å². The second-order valence-electron chi connectivity index (χ2n) is 6.02. The number of rotatable bonds is 6. The summed E-state index contributed by atoms with van der Waals surface area (Å²) in [4.78, 5) is 16.4. The molecule has 0 aliphatic heterocycles. The highest BCUT2D eigenvalue weighted by molar-refractivity contribution is 6.03. The van der Waals surface area contributed by atoms with Crippen molar-refractivity contribution in [1.82, 2.24) is 15.2 Å². The zero-order valence-electron chi connectivity index (χ0n) is 15.1. The van der Waals surface area contributed by atoms with Crippen LogP contribution in [0.4, 0.5) is 10.1 Å². The van der Waals surface area contributed by atoms with Gasteiger partial charge in [0.2, 0.25) is 5.88 Å². The monoisotopic (exact) mass is 370 g/mol. The molecule has 0 radical (unpaired) electrons. The van der Waals surface area contributed by atoms with Gasteiger partial charge in [0.05, 0.1) is 30.8 Å². The summed E-state index contributed by atoms with van der Waals surface area (Å²) in [6.07, 6.45) is 1.36. The van der Waals surface area contributed by atoms with Gasteiger partial charge in [-0.05, 0) is 38.1 Å². The van der Waals surface area contributed by atoms with Gasteiger partial charge >= 0.3 is 0 Å². The summed E-state index contributed by atoms with van der Waals surface area (Å²) in [5, 5.41) is 9.55. The normalized spacial score (nSPS) is 10.7. The van der Waals surface area contributed by atoms with Gasteiger partial charge in [0.1, 0.15) is 17.3 Å². The molecule has 1 amide bonds. The fourth-order valence-corrected chi connectivity index (χ4v) is 2.41. The van der Waals surface area contributed by atoms with Crippen LogP contribution in [0.5, 0.6) is 11.6 Å². The number of hydrogen-bond acceptors (Lipinski definition) is 5. The lowest BCUT2D eigenvalue weighted by Crippen LogP contribution is -2.12. The summed E-state index contributed by atoms with van der Waals surface area (Å²) in [7, 11) is 1.51. The lowest BCUT2D eigenvalue weighted by Gasteiger charge is -2.13. The summed E-state index contributed by atoms with van der Waals surface area (Å²) in [5.74, 6) is 0.0256. The van der Waals surface area contributed by atoms with Crippen LogP contribution in [-0.2, 0) is 0 Å². The van der Waals surface area contributed by atoms with E-state index in [-0.39, 0.29) is 17.7 Å². The molecule has 2 aromatic heterocycles. The van der Waals surface area contributed by atoms with Crippen LogP contribution in [0.1, 0.15) is 24.3 Å². The Labute approximate surface area is 155 Å². The van der Waals surface area contributed by atoms with E-state index in [0.29, 0.717) is 28.6 Å². The molecule has 3 rings (SSSR count). The van der Waals surface area contributed by atoms with Gasteiger partial charge < -0.3 is 14.8 Å². The third kappa shape index (κ3) is 4.41. The third-order valence-corrected chi connectivity index (χ3v) is 3.61. The number of hydrogen-bond donors (Lipinski definition) is 2. The first-order valence-electron chi connectivity index (χ1n) is 8.29. The average Bonchev–Trinajstić information content (AvgIpc) is 3.12. The molecular weight excluding hydrogens is 351 g/mol. The average molecular weight is 370 g/mol. The van der Waals surface area contributed by atoms with Crippen LogP contribution in [0.2, 0.25) is 0 Å². The lowest BCUT2D eigenvalue weighted by molar-refractivity contribution is 0.102. The molecule has 2 N–H and O–H groups in total. The predicted octanol–water partition coefficient (Wildman–Crippen LogP) is 3.66. The van der Waals surface area contributed by atoms with Crippen LogP contribution in [0, 0.1) is 5.82 Å². The van der Waals surface area contributed by atoms with E-state index in [2.05, 4.69) is 20.5 Å². The number of aromatic nitrogens is 3. The predicted molar refractivity (Wildman–Crippen MR) is 98.5 cm³/mol. The standard InChI is InChI=1S/C19H19FN4O3/c1-11(2)27-17-8-12(20)4-6-14(17)15-9-16(24-23-15)19(25)22-13-5-7-18(26-3)21-10-13/h4-11H,1-3H3,(H,22,25)(H,23,24). The summed E-state index contributed by atoms with van der Waals surface area (Å²) in [6.45, 7) is 3.70. The van der Waals surface area contributed by atoms with Crippen molar-refractivity contribution >= 4 is 11.6 Å². The minimum absolute atomic E-state index is 0.130. The van der Waals surface area contributed by atoms with E-state index >= 15 is 0 Å². The maximum atomic E-state index is 13.6. The van der Waals surface area contributed by atoms with Gasteiger partial charge in [-0.15, -0.1) is 0 Å². The Bertz CT molecular complexity index is 938. The van der Waals surface area contributed by atoms with Gasteiger partial charge in [-0.25, -0.2) is 9.37 Å². The van der Waals surface area contributed by atoms with Crippen molar-refractivity contribution in [3.8, 4) is 22.9 Å². The van der Waals surface area contributed by atoms with E-state index in [1.54, 1.807) is 24.3 Å². The number of nitrogens with zero attached hydrogens (tertiary/aromatic N) is 2. The van der Waals surface area contributed by atoms with Crippen LogP contribution in [0.3, 0.4) is 0 Å². The molecule has 0 bridgehead atoms. The molecule has 0 fully saturated rings. The van der Waals surface area contributed by atoms with E-state index in [0.717, 1.165) is 0 Å². The molecule has 0 aliphatic rings. The Balaban J connectivity index is 1.80. The zero-order chi connectivity index (χ0) is 19.4. The van der Waals surface area contributed by atoms with Crippen molar-refractivity contribution in [2.24, 2.45) is 0 Å². The van der Waals surface area contributed by atoms with Crippen molar-refractivity contribution in [1.29, 1.82) is 0 Å². The van der Waals surface area contributed by atoms with Crippen LogP contribution >= 0.6 is 0 Å². The lowest BCUT2D eigenvalue weighted by atomic mass is 10.1. The van der Waals surface area contributed by atoms with Gasteiger partial charge in [-0.3, -0.25) is 9.89 Å². The van der Waals surface area contributed by atoms with E-state index in [1.165, 1.54) is 25.4 Å². The molecule has 0 aliphatic carbocycles. The minimum Gasteiger partial charge on any atom is -0.490 e. The maximum Gasteiger partial charge on any atom is 0.273 e. The number of pyridine rings is 1. The third-order valence-electron chi connectivity index (χ3n) is 3.61. The van der Waals surface area contributed by atoms with Gasteiger partial charge in [0.25, 0.3) is 5.91 Å². The molecule has 8 heteroatoms. The summed E-state index contributed by atoms with van der Waals surface area (Å²) in [6, 6.07) is 9.08. The molecule has 2 heterocycles. The highest BCUT2D eigenvalue weighted by Crippen LogP contribution is 2.30. The highest BCUT2D eigenvalue weighted by atomic mass is 19.1. The first-order valence-corrected chi connectivity index (χ1v) is 8.29. The fraction of sp³-hybridized carbons (Fsp3) is 0.211. The van der Waals surface area contributed by atoms with Crippen LogP contribution in [-0.4, -0.2) is 34.3 Å². The number of H-pyrrole nitrogens is 1. The van der Waals surface area contributed by atoms with Crippen molar-refractivity contribution in [3.63, 3.8) is 0 Å². The number of aromatic amines is 1. The van der Waals surface area contributed by atoms with Crippen molar-refractivity contribution < 1.29 is 18.7 Å². The second kappa shape index (κ2) is 7.86. The minimum atomic E-state index is -0.407. The van der Waals surface area contributed by atoms with Gasteiger partial charge in [0, 0.05) is 17.7 Å². The Morgan fingerprint density at radius 2 is 2.04 bits per heavy atom. The van der Waals surface area contributed by atoms with Gasteiger partial charge in [-0.2, -0.15) is 5.10 Å². The molecule has 0 saturated heterocycles. The molecule has 140 valence electrons. The molecule has 0 spiro atoms. The molecular formula is C19H19FN4O3. The van der Waals surface area contributed by atoms with Gasteiger partial charge in [0.15, 0.2) is 0 Å². The van der Waals surface area contributed by atoms with Gasteiger partial charge in [-0.1, -0.05) is 0 Å². The van der Waals surface area contributed by atoms with Crippen LogP contribution < -0.4 is 14.8 Å². The molecule has 0 saturated carbocycles. The van der Waals surface area contributed by atoms with Crippen LogP contribution in [0.25, 0.3) is 11.3 Å². The highest BCUT2D eigenvalue weighted by Gasteiger charge is 2.16. The summed E-state index contributed by atoms with van der Waals surface area (Å²) < 4.78 is 24.2. The number of nitrogens with one attached hydrogen (secondary N) is 2. The van der Waals surface area contributed by atoms with E-state index in [4.69, 9.17) is 9.47 Å². The molecule has 1 aromatic carbocycles. The molecule has 0 atom stereocenters. The number of carbonyl (C=O) groups is 1. The van der Waals surface area contributed by atoms with Crippen molar-refractivity contribution in [2.45, 2.75) is 20.0 Å². The number of anilines is 1. The number of carbonyl (C=O) groups excluding carboxylic acids is 1. The van der Waals surface area contributed by atoms with Crippen molar-refractivity contribution in [3.05, 3.63) is 54.1 Å². The largest absolute Gasteiger partial charge is 0.490 e. The smallest absolute Gasteiger partial charge is 0.273 e. The maximum absolute atomic E-state index is 13.6. The topological polar surface area (TPSA) is 89.1 Å². The first kappa shape index (κ1) is 18.4. The Morgan fingerprint density at radius 1 is 1.22 bits per heavy atom. The number of halogens is 1. The van der Waals surface area contributed by atoms with Crippen molar-refractivity contribution in [2.75, 3.05) is 12.4 Å². The first-order chi connectivity index (χ1) is 13.0. The SMILES string of the molecule is COc1ccc(NC(=O)c2cc(-c3ccc(F)cc3OC(C)C)n[nH]2)cn1. The van der Waals surface area contributed by atoms with E-state index in [9.17, 15) is 9.18 Å². The molecule has 0 unspecified atom stereocenters. The second-order valence-corrected chi connectivity index (χ2v) is 6.02. The Kier molecular flexibility index (Phi) is 5.35. The quantitative estimate of drug-likeness (QED) is 0.691. The van der Waals surface area contributed by atoms with E-state index in [1.807, 2.05) is 13.8 Å². The number of ether oxygens (including phenoxy) is 2. The number of amides is 1. The van der Waals surface area contributed by atoms with Crippen LogP contribution in [0.15, 0.2) is 42.6 Å². The molecule has 3 aromatic rings. The number of methoxy groups -OCH3 is 1. The molecule has 27 heavy (non-hydrogen) atoms. The summed E-state index contributed by atoms with van der Waals surface area (Å²) >= 11 is 0. The summed E-state index contributed by atoms with van der Waals surface area (Å²) in [5.41, 5.74) is 1.83. The molecule has 7 nitrogen and oxygen atoms in total. The Hall–Kier alpha value is -3.42. The Morgan fingerprint density at radius 3 is 2.70 bits per heavy atom.